The molecule has 1 aliphatic heterocycles. The lowest BCUT2D eigenvalue weighted by Gasteiger charge is -2.29. The van der Waals surface area contributed by atoms with E-state index in [1.807, 2.05) is 31.2 Å². The van der Waals surface area contributed by atoms with Gasteiger partial charge in [0.2, 0.25) is 0 Å². The first-order valence-corrected chi connectivity index (χ1v) is 9.84. The van der Waals surface area contributed by atoms with E-state index in [1.54, 1.807) is 29.2 Å². The highest BCUT2D eigenvalue weighted by molar-refractivity contribution is 6.05. The average molecular weight is 420 g/mol. The molecular weight excluding hydrogens is 399 g/mol. The lowest BCUT2D eigenvalue weighted by molar-refractivity contribution is -0.121. The first-order chi connectivity index (χ1) is 15.0. The fourth-order valence-electron chi connectivity index (χ4n) is 3.33. The zero-order valence-corrected chi connectivity index (χ0v) is 16.9. The quantitative estimate of drug-likeness (QED) is 0.649. The Morgan fingerprint density at radius 2 is 1.97 bits per heavy atom. The number of aryl methyl sites for hydroxylation is 1. The molecule has 31 heavy (non-hydrogen) atoms. The van der Waals surface area contributed by atoms with Crippen LogP contribution >= 0.6 is 0 Å². The largest absolute Gasteiger partial charge is 0.492 e. The second-order valence-corrected chi connectivity index (χ2v) is 7.12. The Balaban J connectivity index is 1.45. The number of hydrogen-bond acceptors (Lipinski definition) is 4. The summed E-state index contributed by atoms with van der Waals surface area (Å²) in [5.74, 6) is -0.134. The van der Waals surface area contributed by atoms with Gasteiger partial charge in [-0.2, -0.15) is 0 Å². The monoisotopic (exact) mass is 420 g/mol. The molecular formula is C24H21FN2O4. The van der Waals surface area contributed by atoms with E-state index in [2.05, 4.69) is 5.32 Å². The van der Waals surface area contributed by atoms with Crippen LogP contribution < -0.4 is 19.7 Å². The van der Waals surface area contributed by atoms with Crippen LogP contribution in [0.1, 0.15) is 15.9 Å². The minimum atomic E-state index is -0.598. The number of ether oxygens (including phenoxy) is 2. The summed E-state index contributed by atoms with van der Waals surface area (Å²) in [6.45, 7) is 2.55. The number of rotatable bonds is 6. The molecule has 2 amide bonds. The molecule has 6 nitrogen and oxygen atoms in total. The molecule has 0 saturated carbocycles. The van der Waals surface area contributed by atoms with Crippen molar-refractivity contribution in [1.82, 2.24) is 0 Å². The smallest absolute Gasteiger partial charge is 0.265 e. The van der Waals surface area contributed by atoms with E-state index in [1.165, 1.54) is 18.2 Å². The highest BCUT2D eigenvalue weighted by Gasteiger charge is 2.26. The summed E-state index contributed by atoms with van der Waals surface area (Å²) in [4.78, 5) is 26.3. The van der Waals surface area contributed by atoms with E-state index < -0.39 is 11.7 Å². The Kier molecular flexibility index (Phi) is 5.84. The molecule has 158 valence electrons. The standard InChI is InChI=1S/C24H21FN2O4/c1-16-5-4-6-18(13-16)30-12-11-27-21-10-9-17(14-22(21)31-15-23(27)28)26-24(29)19-7-2-3-8-20(19)25/h2-10,13-14H,11-12,15H2,1H3,(H,26,29). The van der Waals surface area contributed by atoms with Crippen molar-refractivity contribution < 1.29 is 23.5 Å². The molecule has 1 heterocycles. The van der Waals surface area contributed by atoms with Crippen LogP contribution in [0, 0.1) is 12.7 Å². The van der Waals surface area contributed by atoms with Crippen LogP contribution in [0.4, 0.5) is 15.8 Å². The van der Waals surface area contributed by atoms with Crippen molar-refractivity contribution >= 4 is 23.2 Å². The average Bonchev–Trinajstić information content (AvgIpc) is 2.75. The first-order valence-electron chi connectivity index (χ1n) is 9.84. The Labute approximate surface area is 179 Å². The summed E-state index contributed by atoms with van der Waals surface area (Å²) in [5.41, 5.74) is 2.08. The molecule has 0 atom stereocenters. The van der Waals surface area contributed by atoms with Crippen molar-refractivity contribution in [3.05, 3.63) is 83.7 Å². The molecule has 0 aromatic heterocycles. The molecule has 1 N–H and O–H groups in total. The van der Waals surface area contributed by atoms with Crippen molar-refractivity contribution in [3.8, 4) is 11.5 Å². The molecule has 3 aromatic carbocycles. The molecule has 0 fully saturated rings. The molecule has 0 unspecified atom stereocenters. The summed E-state index contributed by atoms with van der Waals surface area (Å²) in [6, 6.07) is 18.4. The van der Waals surface area contributed by atoms with Gasteiger partial charge in [0.05, 0.1) is 17.8 Å². The maximum absolute atomic E-state index is 13.8. The molecule has 0 bridgehead atoms. The maximum atomic E-state index is 13.8. The van der Waals surface area contributed by atoms with Gasteiger partial charge in [0.15, 0.2) is 6.61 Å². The lowest BCUT2D eigenvalue weighted by Crippen LogP contribution is -2.41. The van der Waals surface area contributed by atoms with Crippen LogP contribution in [0.15, 0.2) is 66.7 Å². The molecule has 4 rings (SSSR count). The van der Waals surface area contributed by atoms with E-state index in [9.17, 15) is 14.0 Å². The highest BCUT2D eigenvalue weighted by atomic mass is 19.1. The summed E-state index contributed by atoms with van der Waals surface area (Å²) < 4.78 is 25.1. The highest BCUT2D eigenvalue weighted by Crippen LogP contribution is 2.34. The molecule has 1 aliphatic rings. The van der Waals surface area contributed by atoms with E-state index in [4.69, 9.17) is 9.47 Å². The summed E-state index contributed by atoms with van der Waals surface area (Å²) in [6.07, 6.45) is 0. The molecule has 3 aromatic rings. The summed E-state index contributed by atoms with van der Waals surface area (Å²) in [5, 5.41) is 2.66. The number of nitrogens with zero attached hydrogens (tertiary/aromatic N) is 1. The number of benzene rings is 3. The molecule has 0 saturated heterocycles. The molecule has 0 radical (unpaired) electrons. The van der Waals surface area contributed by atoms with Crippen LogP contribution in [-0.4, -0.2) is 31.6 Å². The number of carbonyl (C=O) groups excluding carboxylic acids is 2. The number of fused-ring (bicyclic) bond motifs is 1. The van der Waals surface area contributed by atoms with Crippen LogP contribution in [0.2, 0.25) is 0 Å². The molecule has 0 aliphatic carbocycles. The topological polar surface area (TPSA) is 67.9 Å². The number of hydrogen-bond donors (Lipinski definition) is 1. The van der Waals surface area contributed by atoms with Gasteiger partial charge < -0.3 is 19.7 Å². The Bertz CT molecular complexity index is 1130. The van der Waals surface area contributed by atoms with Gasteiger partial charge in [0, 0.05) is 11.8 Å². The van der Waals surface area contributed by atoms with Gasteiger partial charge in [-0.3, -0.25) is 9.59 Å². The minimum absolute atomic E-state index is 0.0498. The van der Waals surface area contributed by atoms with Crippen molar-refractivity contribution in [2.75, 3.05) is 30.0 Å². The fourth-order valence-corrected chi connectivity index (χ4v) is 3.33. The third kappa shape index (κ3) is 4.66. The number of amides is 2. The third-order valence-corrected chi connectivity index (χ3v) is 4.85. The zero-order chi connectivity index (χ0) is 21.8. The van der Waals surface area contributed by atoms with E-state index >= 15 is 0 Å². The summed E-state index contributed by atoms with van der Waals surface area (Å²) >= 11 is 0. The van der Waals surface area contributed by atoms with E-state index in [-0.39, 0.29) is 18.1 Å². The van der Waals surface area contributed by atoms with E-state index in [0.717, 1.165) is 11.3 Å². The number of nitrogens with one attached hydrogen (secondary N) is 1. The van der Waals surface area contributed by atoms with Crippen molar-refractivity contribution in [2.24, 2.45) is 0 Å². The van der Waals surface area contributed by atoms with Crippen molar-refractivity contribution in [1.29, 1.82) is 0 Å². The SMILES string of the molecule is Cc1cccc(OCCN2C(=O)COc3cc(NC(=O)c4ccccc4F)ccc32)c1. The first kappa shape index (κ1) is 20.4. The fraction of sp³-hybridized carbons (Fsp3) is 0.167. The van der Waals surface area contributed by atoms with Gasteiger partial charge in [-0.05, 0) is 48.9 Å². The normalized spacial score (nSPS) is 12.7. The van der Waals surface area contributed by atoms with E-state index in [0.29, 0.717) is 30.3 Å². The minimum Gasteiger partial charge on any atom is -0.492 e. The van der Waals surface area contributed by atoms with Gasteiger partial charge in [-0.15, -0.1) is 0 Å². The van der Waals surface area contributed by atoms with Gasteiger partial charge >= 0.3 is 0 Å². The predicted octanol–water partition coefficient (Wildman–Crippen LogP) is 4.19. The van der Waals surface area contributed by atoms with Gasteiger partial charge in [-0.25, -0.2) is 4.39 Å². The van der Waals surface area contributed by atoms with Crippen LogP contribution in [-0.2, 0) is 4.79 Å². The van der Waals surface area contributed by atoms with Gasteiger partial charge in [0.1, 0.15) is 23.9 Å². The van der Waals surface area contributed by atoms with Gasteiger partial charge in [0.25, 0.3) is 11.8 Å². The number of anilines is 2. The van der Waals surface area contributed by atoms with Crippen LogP contribution in [0.25, 0.3) is 0 Å². The molecule has 7 heteroatoms. The lowest BCUT2D eigenvalue weighted by atomic mass is 10.1. The Morgan fingerprint density at radius 3 is 2.77 bits per heavy atom. The van der Waals surface area contributed by atoms with Crippen LogP contribution in [0.5, 0.6) is 11.5 Å². The number of halogens is 1. The second-order valence-electron chi connectivity index (χ2n) is 7.12. The van der Waals surface area contributed by atoms with Crippen molar-refractivity contribution in [2.45, 2.75) is 6.92 Å². The Hall–Kier alpha value is -3.87. The summed E-state index contributed by atoms with van der Waals surface area (Å²) in [7, 11) is 0. The molecule has 0 spiro atoms. The Morgan fingerprint density at radius 1 is 1.13 bits per heavy atom. The van der Waals surface area contributed by atoms with Gasteiger partial charge in [-0.1, -0.05) is 24.3 Å². The maximum Gasteiger partial charge on any atom is 0.265 e. The zero-order valence-electron chi connectivity index (χ0n) is 16.9. The number of carbonyl (C=O) groups is 2. The third-order valence-electron chi connectivity index (χ3n) is 4.85. The second kappa shape index (κ2) is 8.87. The predicted molar refractivity (Wildman–Crippen MR) is 115 cm³/mol. The van der Waals surface area contributed by atoms with Crippen LogP contribution in [0.3, 0.4) is 0 Å². The van der Waals surface area contributed by atoms with Crippen molar-refractivity contribution in [3.63, 3.8) is 0 Å².